The van der Waals surface area contributed by atoms with E-state index < -0.39 is 0 Å². The number of ether oxygens (including phenoxy) is 2. The van der Waals surface area contributed by atoms with Crippen molar-refractivity contribution >= 4 is 30.3 Å². The number of phenolic OH excluding ortho intramolecular Hbond substituents is 2. The van der Waals surface area contributed by atoms with E-state index in [0.29, 0.717) is 48.9 Å². The topological polar surface area (TPSA) is 79.2 Å². The van der Waals surface area contributed by atoms with Gasteiger partial charge < -0.3 is 19.7 Å². The molecule has 7 heteroatoms. The van der Waals surface area contributed by atoms with Crippen LogP contribution in [-0.2, 0) is 4.79 Å². The summed E-state index contributed by atoms with van der Waals surface area (Å²) in [5, 5.41) is 19.8. The Balaban J connectivity index is 0.00000341. The Hall–Kier alpha value is -2.96. The predicted molar refractivity (Wildman–Crippen MR) is 124 cm³/mol. The number of hydrogen-bond donors (Lipinski definition) is 2. The molecule has 0 saturated carbocycles. The zero-order chi connectivity index (χ0) is 21.7. The van der Waals surface area contributed by atoms with Crippen LogP contribution >= 0.6 is 12.4 Å². The molecule has 0 amide bonds. The second-order valence-electron chi connectivity index (χ2n) is 7.16. The first-order valence-corrected chi connectivity index (χ1v) is 9.97. The number of nitrogens with zero attached hydrogens (tertiary/aromatic N) is 1. The number of carbonyl (C=O) groups is 1. The van der Waals surface area contributed by atoms with Gasteiger partial charge in [0.15, 0.2) is 28.8 Å². The van der Waals surface area contributed by atoms with Crippen molar-refractivity contribution in [3.63, 3.8) is 0 Å². The summed E-state index contributed by atoms with van der Waals surface area (Å²) in [5.41, 5.74) is 2.90. The Morgan fingerprint density at radius 2 is 1.29 bits per heavy atom. The second-order valence-corrected chi connectivity index (χ2v) is 7.16. The zero-order valence-electron chi connectivity index (χ0n) is 17.9. The smallest absolute Gasteiger partial charge is 0.187 e. The maximum Gasteiger partial charge on any atom is 0.187 e. The number of carbonyl (C=O) groups excluding carboxylic acids is 1. The molecule has 3 rings (SSSR count). The Morgan fingerprint density at radius 1 is 0.871 bits per heavy atom. The molecule has 2 aromatic carbocycles. The van der Waals surface area contributed by atoms with Gasteiger partial charge >= 0.3 is 0 Å². The summed E-state index contributed by atoms with van der Waals surface area (Å²) in [5.74, 6) is 0.914. The van der Waals surface area contributed by atoms with Gasteiger partial charge in [-0.2, -0.15) is 0 Å². The largest absolute Gasteiger partial charge is 0.504 e. The zero-order valence-corrected chi connectivity index (χ0v) is 18.7. The number of piperidine rings is 1. The minimum atomic E-state index is -0.0230. The van der Waals surface area contributed by atoms with Gasteiger partial charge in [0.2, 0.25) is 0 Å². The molecule has 0 bridgehead atoms. The van der Waals surface area contributed by atoms with Crippen LogP contribution in [0.5, 0.6) is 23.0 Å². The lowest BCUT2D eigenvalue weighted by atomic mass is 9.94. The van der Waals surface area contributed by atoms with Crippen molar-refractivity contribution in [1.29, 1.82) is 0 Å². The van der Waals surface area contributed by atoms with Crippen LogP contribution in [0.2, 0.25) is 0 Å². The first-order valence-electron chi connectivity index (χ1n) is 9.97. The SMILES string of the molecule is CCOc1cc(C=C2CN(C)CC(=Cc3ccc(O)c(OCC)c3)C2=O)ccc1O.Cl. The molecule has 1 saturated heterocycles. The number of halogens is 1. The molecule has 1 aliphatic heterocycles. The van der Waals surface area contributed by atoms with Gasteiger partial charge in [0.25, 0.3) is 0 Å². The maximum absolute atomic E-state index is 13.1. The third-order valence-electron chi connectivity index (χ3n) is 4.71. The van der Waals surface area contributed by atoms with E-state index in [4.69, 9.17) is 9.47 Å². The molecule has 0 unspecified atom stereocenters. The number of aromatic hydroxyl groups is 2. The number of benzene rings is 2. The third kappa shape index (κ3) is 6.03. The number of likely N-dealkylation sites (N-methyl/N-ethyl adjacent to an activating group) is 1. The molecular formula is C24H28ClNO5. The molecule has 0 atom stereocenters. The highest BCUT2D eigenvalue weighted by Gasteiger charge is 2.24. The summed E-state index contributed by atoms with van der Waals surface area (Å²) in [7, 11) is 1.96. The van der Waals surface area contributed by atoms with Gasteiger partial charge in [-0.25, -0.2) is 0 Å². The van der Waals surface area contributed by atoms with E-state index in [2.05, 4.69) is 4.90 Å². The van der Waals surface area contributed by atoms with Gasteiger partial charge in [0.05, 0.1) is 13.2 Å². The Labute approximate surface area is 188 Å². The molecule has 1 fully saturated rings. The van der Waals surface area contributed by atoms with Crippen LogP contribution in [-0.4, -0.2) is 54.2 Å². The molecule has 1 aliphatic rings. The fourth-order valence-corrected chi connectivity index (χ4v) is 3.40. The van der Waals surface area contributed by atoms with Crippen LogP contribution in [0.3, 0.4) is 0 Å². The van der Waals surface area contributed by atoms with E-state index in [1.807, 2.05) is 33.0 Å². The van der Waals surface area contributed by atoms with Gasteiger partial charge in [-0.1, -0.05) is 12.1 Å². The fourth-order valence-electron chi connectivity index (χ4n) is 3.40. The number of phenols is 2. The van der Waals surface area contributed by atoms with E-state index >= 15 is 0 Å². The molecule has 2 N–H and O–H groups in total. The summed E-state index contributed by atoms with van der Waals surface area (Å²) >= 11 is 0. The van der Waals surface area contributed by atoms with Crippen LogP contribution in [0.1, 0.15) is 25.0 Å². The lowest BCUT2D eigenvalue weighted by Gasteiger charge is -2.26. The molecule has 0 radical (unpaired) electrons. The second kappa shape index (κ2) is 10.9. The van der Waals surface area contributed by atoms with Crippen molar-refractivity contribution < 1.29 is 24.5 Å². The molecule has 6 nitrogen and oxygen atoms in total. The first kappa shape index (κ1) is 24.3. The number of rotatable bonds is 6. The maximum atomic E-state index is 13.1. The van der Waals surface area contributed by atoms with Crippen LogP contribution in [0, 0.1) is 0 Å². The minimum absolute atomic E-state index is 0. The summed E-state index contributed by atoms with van der Waals surface area (Å²) in [6, 6.07) is 10.1. The average Bonchev–Trinajstić information content (AvgIpc) is 2.71. The van der Waals surface area contributed by atoms with E-state index in [1.165, 1.54) is 0 Å². The molecule has 31 heavy (non-hydrogen) atoms. The van der Waals surface area contributed by atoms with E-state index in [1.54, 1.807) is 36.4 Å². The number of ketones is 1. The van der Waals surface area contributed by atoms with Crippen molar-refractivity contribution in [3.05, 3.63) is 58.7 Å². The van der Waals surface area contributed by atoms with Gasteiger partial charge in [-0.3, -0.25) is 9.69 Å². The third-order valence-corrected chi connectivity index (χ3v) is 4.71. The molecular weight excluding hydrogens is 418 g/mol. The van der Waals surface area contributed by atoms with Gasteiger partial charge in [-0.15, -0.1) is 12.4 Å². The van der Waals surface area contributed by atoms with E-state index in [0.717, 1.165) is 11.1 Å². The molecule has 166 valence electrons. The standard InChI is InChI=1S/C24H27NO5.ClH/c1-4-29-22-12-16(6-8-20(22)26)10-18-14-25(3)15-19(24(18)28)11-17-7-9-21(27)23(13-17)30-5-2;/h6-13,26-27H,4-5,14-15H2,1-3H3;1H. The van der Waals surface area contributed by atoms with Crippen molar-refractivity contribution in [3.8, 4) is 23.0 Å². The van der Waals surface area contributed by atoms with Gasteiger partial charge in [0.1, 0.15) is 0 Å². The highest BCUT2D eigenvalue weighted by Crippen LogP contribution is 2.30. The fraction of sp³-hybridized carbons (Fsp3) is 0.292. The van der Waals surface area contributed by atoms with Crippen LogP contribution in [0.4, 0.5) is 0 Å². The molecule has 0 aromatic heterocycles. The highest BCUT2D eigenvalue weighted by atomic mass is 35.5. The molecule has 0 spiro atoms. The molecule has 2 aromatic rings. The van der Waals surface area contributed by atoms with Crippen molar-refractivity contribution in [1.82, 2.24) is 4.90 Å². The van der Waals surface area contributed by atoms with E-state index in [-0.39, 0.29) is 29.7 Å². The lowest BCUT2D eigenvalue weighted by molar-refractivity contribution is -0.113. The summed E-state index contributed by atoms with van der Waals surface area (Å²) in [6.45, 7) is 5.64. The van der Waals surface area contributed by atoms with Crippen LogP contribution in [0.25, 0.3) is 12.2 Å². The van der Waals surface area contributed by atoms with Crippen LogP contribution in [0.15, 0.2) is 47.5 Å². The van der Waals surface area contributed by atoms with Gasteiger partial charge in [0, 0.05) is 24.2 Å². The lowest BCUT2D eigenvalue weighted by Crippen LogP contribution is -2.34. The summed E-state index contributed by atoms with van der Waals surface area (Å²) in [4.78, 5) is 15.2. The van der Waals surface area contributed by atoms with E-state index in [9.17, 15) is 15.0 Å². The van der Waals surface area contributed by atoms with Gasteiger partial charge in [-0.05, 0) is 68.4 Å². The minimum Gasteiger partial charge on any atom is -0.504 e. The predicted octanol–water partition coefficient (Wildman–Crippen LogP) is 4.30. The number of likely N-dealkylation sites (tertiary alicyclic amines) is 1. The monoisotopic (exact) mass is 445 g/mol. The van der Waals surface area contributed by atoms with Crippen molar-refractivity contribution in [2.45, 2.75) is 13.8 Å². The van der Waals surface area contributed by atoms with Crippen molar-refractivity contribution in [2.24, 2.45) is 0 Å². The molecule has 1 heterocycles. The highest BCUT2D eigenvalue weighted by molar-refractivity contribution is 6.14. The number of Topliss-reactive ketones (excluding diaryl/α,β-unsaturated/α-hetero) is 1. The Kier molecular flexibility index (Phi) is 8.54. The quantitative estimate of drug-likeness (QED) is 0.645. The van der Waals surface area contributed by atoms with Crippen LogP contribution < -0.4 is 9.47 Å². The first-order chi connectivity index (χ1) is 14.4. The normalized spacial score (nSPS) is 16.9. The Morgan fingerprint density at radius 3 is 1.68 bits per heavy atom. The van der Waals surface area contributed by atoms with Crippen molar-refractivity contribution in [2.75, 3.05) is 33.4 Å². The average molecular weight is 446 g/mol. The summed E-state index contributed by atoms with van der Waals surface area (Å²) in [6.07, 6.45) is 3.66. The number of hydrogen-bond acceptors (Lipinski definition) is 6. The molecule has 0 aliphatic carbocycles. The Bertz CT molecular complexity index is 922. The summed E-state index contributed by atoms with van der Waals surface area (Å²) < 4.78 is 10.9.